The maximum atomic E-state index is 4.55. The number of benzene rings is 7. The Bertz CT molecular complexity index is 2740. The van der Waals surface area contributed by atoms with E-state index in [1.807, 2.05) is 11.3 Å². The van der Waals surface area contributed by atoms with Gasteiger partial charge in [-0.05, 0) is 105 Å². The molecule has 0 radical (unpaired) electrons. The Hall–Kier alpha value is -5.96. The lowest BCUT2D eigenvalue weighted by Crippen LogP contribution is -2.15. The van der Waals surface area contributed by atoms with Crippen molar-refractivity contribution in [3.8, 4) is 22.3 Å². The number of hydrogen-bond donors (Lipinski definition) is 0. The van der Waals surface area contributed by atoms with E-state index in [0.717, 1.165) is 28.2 Å². The summed E-state index contributed by atoms with van der Waals surface area (Å²) in [6, 6.07) is 55.3. The van der Waals surface area contributed by atoms with Crippen LogP contribution in [0.5, 0.6) is 0 Å². The molecule has 0 spiro atoms. The molecule has 1 nitrogen and oxygen atoms in total. The molecule has 1 heterocycles. The highest BCUT2D eigenvalue weighted by atomic mass is 32.1. The second kappa shape index (κ2) is 12.7. The SMILES string of the molecule is C=C(/C=C\C(=C/C)N(c1ccc(-c2cccc3c2sc2ccccc23)cc1)c1ccc2ccccc2c1)c1ccc2c(c1)-c1ccccc1C2(C)C. The number of rotatable bonds is 7. The van der Waals surface area contributed by atoms with Crippen molar-refractivity contribution in [2.75, 3.05) is 4.90 Å². The molecule has 0 fully saturated rings. The first-order valence-electron chi connectivity index (χ1n) is 18.0. The van der Waals surface area contributed by atoms with E-state index in [9.17, 15) is 0 Å². The molecule has 0 bridgehead atoms. The standard InChI is InChI=1S/C50H39NS/c1-5-38(26-21-33(2)36-25-30-47-45(32-36)42-15-8-10-19-46(42)50(47,3)4)51(40-29-22-34-13-6-7-14-37(34)31-40)39-27-23-35(24-28-39)41-17-12-18-44-43-16-9-11-20-48(43)52-49(41)44/h5-32H,2H2,1,3-4H3/b26-21-,38-5+. The van der Waals surface area contributed by atoms with Crippen LogP contribution in [0.4, 0.5) is 11.4 Å². The summed E-state index contributed by atoms with van der Waals surface area (Å²) in [5.41, 5.74) is 13.3. The summed E-state index contributed by atoms with van der Waals surface area (Å²) in [6.07, 6.45) is 6.55. The van der Waals surface area contributed by atoms with Gasteiger partial charge in [-0.15, -0.1) is 11.3 Å². The van der Waals surface area contributed by atoms with Gasteiger partial charge < -0.3 is 4.90 Å². The van der Waals surface area contributed by atoms with E-state index < -0.39 is 0 Å². The second-order valence-corrected chi connectivity index (χ2v) is 15.2. The quantitative estimate of drug-likeness (QED) is 0.151. The molecule has 8 aromatic rings. The first-order chi connectivity index (χ1) is 25.4. The van der Waals surface area contributed by atoms with Gasteiger partial charge in [0.25, 0.3) is 0 Å². The molecule has 9 rings (SSSR count). The zero-order valence-corrected chi connectivity index (χ0v) is 30.5. The molecule has 0 amide bonds. The van der Waals surface area contributed by atoms with Crippen LogP contribution in [-0.2, 0) is 5.41 Å². The smallest absolute Gasteiger partial charge is 0.0467 e. The van der Waals surface area contributed by atoms with Gasteiger partial charge in [0.1, 0.15) is 0 Å². The average molecular weight is 686 g/mol. The Morgan fingerprint density at radius 3 is 2.13 bits per heavy atom. The van der Waals surface area contributed by atoms with E-state index in [4.69, 9.17) is 0 Å². The molecule has 0 aliphatic heterocycles. The van der Waals surface area contributed by atoms with Crippen LogP contribution >= 0.6 is 11.3 Å². The summed E-state index contributed by atoms with van der Waals surface area (Å²) in [6.45, 7) is 11.3. The van der Waals surface area contributed by atoms with Crippen molar-refractivity contribution in [1.29, 1.82) is 0 Å². The van der Waals surface area contributed by atoms with Gasteiger partial charge in [0, 0.05) is 42.7 Å². The van der Waals surface area contributed by atoms with Gasteiger partial charge in [0.2, 0.25) is 0 Å². The van der Waals surface area contributed by atoms with Gasteiger partial charge in [-0.3, -0.25) is 0 Å². The summed E-state index contributed by atoms with van der Waals surface area (Å²) >= 11 is 1.87. The highest BCUT2D eigenvalue weighted by molar-refractivity contribution is 7.26. The molecule has 0 N–H and O–H groups in total. The molecule has 1 aliphatic rings. The van der Waals surface area contributed by atoms with E-state index in [1.54, 1.807) is 0 Å². The maximum Gasteiger partial charge on any atom is 0.0467 e. The minimum Gasteiger partial charge on any atom is -0.311 e. The van der Waals surface area contributed by atoms with Crippen molar-refractivity contribution < 1.29 is 0 Å². The third kappa shape index (κ3) is 5.30. The summed E-state index contributed by atoms with van der Waals surface area (Å²) in [5, 5.41) is 5.08. The number of thiophene rings is 1. The molecule has 0 unspecified atom stereocenters. The predicted octanol–water partition coefficient (Wildman–Crippen LogP) is 14.5. The summed E-state index contributed by atoms with van der Waals surface area (Å²) in [5.74, 6) is 0. The molecule has 250 valence electrons. The van der Waals surface area contributed by atoms with Gasteiger partial charge in [-0.1, -0.05) is 148 Å². The molecule has 1 aliphatic carbocycles. The summed E-state index contributed by atoms with van der Waals surface area (Å²) in [4.78, 5) is 2.35. The van der Waals surface area contributed by atoms with Crippen LogP contribution in [0.3, 0.4) is 0 Å². The number of hydrogen-bond acceptors (Lipinski definition) is 2. The first kappa shape index (κ1) is 32.0. The fraction of sp³-hybridized carbons (Fsp3) is 0.0800. The fourth-order valence-electron chi connectivity index (χ4n) is 8.03. The molecule has 0 atom stereocenters. The van der Waals surface area contributed by atoms with Crippen LogP contribution in [0, 0.1) is 0 Å². The minimum atomic E-state index is -0.0138. The van der Waals surface area contributed by atoms with Crippen molar-refractivity contribution in [3.05, 3.63) is 199 Å². The molecule has 1 aromatic heterocycles. The molecule has 7 aromatic carbocycles. The van der Waals surface area contributed by atoms with Crippen molar-refractivity contribution >= 4 is 59.2 Å². The maximum absolute atomic E-state index is 4.55. The van der Waals surface area contributed by atoms with Crippen LogP contribution in [-0.4, -0.2) is 0 Å². The highest BCUT2D eigenvalue weighted by Crippen LogP contribution is 2.49. The third-order valence-electron chi connectivity index (χ3n) is 10.8. The van der Waals surface area contributed by atoms with Crippen molar-refractivity contribution in [1.82, 2.24) is 0 Å². The Morgan fingerprint density at radius 1 is 0.596 bits per heavy atom. The zero-order chi connectivity index (χ0) is 35.4. The van der Waals surface area contributed by atoms with E-state index >= 15 is 0 Å². The van der Waals surface area contributed by atoms with Crippen LogP contribution in [0.25, 0.3) is 58.8 Å². The average Bonchev–Trinajstić information content (AvgIpc) is 3.68. The topological polar surface area (TPSA) is 3.24 Å². The van der Waals surface area contributed by atoms with Gasteiger partial charge in [0.15, 0.2) is 0 Å². The molecular formula is C50H39NS. The van der Waals surface area contributed by atoms with Crippen LogP contribution in [0.2, 0.25) is 0 Å². The molecule has 0 saturated heterocycles. The van der Waals surface area contributed by atoms with Crippen molar-refractivity contribution in [3.63, 3.8) is 0 Å². The van der Waals surface area contributed by atoms with Crippen LogP contribution in [0.15, 0.2) is 182 Å². The number of fused-ring (bicyclic) bond motifs is 7. The van der Waals surface area contributed by atoms with Gasteiger partial charge in [-0.25, -0.2) is 0 Å². The molecule has 2 heteroatoms. The Kier molecular flexibility index (Phi) is 7.79. The van der Waals surface area contributed by atoms with Crippen LogP contribution in [0.1, 0.15) is 37.5 Å². The second-order valence-electron chi connectivity index (χ2n) is 14.2. The molecular weight excluding hydrogens is 647 g/mol. The fourth-order valence-corrected chi connectivity index (χ4v) is 9.27. The van der Waals surface area contributed by atoms with Crippen molar-refractivity contribution in [2.24, 2.45) is 0 Å². The summed E-state index contributed by atoms with van der Waals surface area (Å²) < 4.78 is 2.65. The van der Waals surface area contributed by atoms with Gasteiger partial charge >= 0.3 is 0 Å². The predicted molar refractivity (Wildman–Crippen MR) is 227 cm³/mol. The minimum absolute atomic E-state index is 0.0138. The third-order valence-corrected chi connectivity index (χ3v) is 12.0. The number of anilines is 2. The lowest BCUT2D eigenvalue weighted by atomic mass is 9.82. The van der Waals surface area contributed by atoms with Gasteiger partial charge in [0.05, 0.1) is 0 Å². The lowest BCUT2D eigenvalue weighted by molar-refractivity contribution is 0.660. The zero-order valence-electron chi connectivity index (χ0n) is 29.7. The highest BCUT2D eigenvalue weighted by Gasteiger charge is 2.35. The van der Waals surface area contributed by atoms with E-state index in [2.05, 4.69) is 202 Å². The monoisotopic (exact) mass is 685 g/mol. The lowest BCUT2D eigenvalue weighted by Gasteiger charge is -2.27. The Balaban J connectivity index is 1.09. The number of nitrogens with zero attached hydrogens (tertiary/aromatic N) is 1. The largest absolute Gasteiger partial charge is 0.311 e. The normalized spacial score (nSPS) is 13.6. The van der Waals surface area contributed by atoms with E-state index in [1.165, 1.54) is 64.3 Å². The first-order valence-corrected chi connectivity index (χ1v) is 18.8. The Morgan fingerprint density at radius 2 is 1.29 bits per heavy atom. The molecule has 0 saturated carbocycles. The van der Waals surface area contributed by atoms with E-state index in [-0.39, 0.29) is 5.41 Å². The van der Waals surface area contributed by atoms with Crippen LogP contribution < -0.4 is 4.90 Å². The molecule has 52 heavy (non-hydrogen) atoms. The van der Waals surface area contributed by atoms with E-state index in [0.29, 0.717) is 0 Å². The Labute approximate surface area is 310 Å². The summed E-state index contributed by atoms with van der Waals surface area (Å²) in [7, 11) is 0. The van der Waals surface area contributed by atoms with Gasteiger partial charge in [-0.2, -0.15) is 0 Å². The number of allylic oxidation sites excluding steroid dienone is 4. The van der Waals surface area contributed by atoms with Crippen molar-refractivity contribution in [2.45, 2.75) is 26.2 Å².